The highest BCUT2D eigenvalue weighted by Crippen LogP contribution is 2.19. The van der Waals surface area contributed by atoms with Gasteiger partial charge >= 0.3 is 0 Å². The number of carbonyl (C=O) groups is 1. The quantitative estimate of drug-likeness (QED) is 0.716. The van der Waals surface area contributed by atoms with E-state index in [1.165, 1.54) is 0 Å². The Morgan fingerprint density at radius 3 is 2.69 bits per heavy atom. The molecule has 0 fully saturated rings. The number of halogens is 1. The number of aliphatic carboxylic acids is 1. The summed E-state index contributed by atoms with van der Waals surface area (Å²) in [6, 6.07) is 7.76. The molecule has 0 amide bonds. The van der Waals surface area contributed by atoms with Gasteiger partial charge in [0.25, 0.3) is 5.97 Å². The molecule has 1 heterocycles. The highest BCUT2D eigenvalue weighted by molar-refractivity contribution is 6.31. The van der Waals surface area contributed by atoms with Gasteiger partial charge in [-0.15, -0.1) is 0 Å². The maximum Gasteiger partial charge on any atom is 0.300 e. The van der Waals surface area contributed by atoms with Gasteiger partial charge in [-0.2, -0.15) is 0 Å². The number of hydrogen-bond acceptors (Lipinski definition) is 2. The number of benzene rings is 1. The van der Waals surface area contributed by atoms with Crippen LogP contribution in [0.25, 0.3) is 10.9 Å². The summed E-state index contributed by atoms with van der Waals surface area (Å²) in [6.07, 6.45) is 0. The molecule has 2 rings (SSSR count). The molecule has 5 heteroatoms. The third-order valence-electron chi connectivity index (χ3n) is 1.86. The molecule has 16 heavy (non-hydrogen) atoms. The molecule has 86 valence electrons. The van der Waals surface area contributed by atoms with Crippen LogP contribution in [0.5, 0.6) is 0 Å². The van der Waals surface area contributed by atoms with Crippen molar-refractivity contribution in [3.8, 4) is 0 Å². The average Bonchev–Trinajstić information content (AvgIpc) is 2.58. The van der Waals surface area contributed by atoms with Crippen LogP contribution in [0.2, 0.25) is 5.02 Å². The smallest absolute Gasteiger partial charge is 0.300 e. The number of carboxylic acids is 1. The minimum atomic E-state index is -0.833. The van der Waals surface area contributed by atoms with Crippen molar-refractivity contribution in [3.63, 3.8) is 0 Å². The number of nitrogens with one attached hydrogen (secondary N) is 1. The number of nitrogens with two attached hydrogens (primary N) is 1. The number of hydrogen-bond donors (Lipinski definition) is 3. The largest absolute Gasteiger partial charge is 0.481 e. The highest BCUT2D eigenvalue weighted by atomic mass is 35.5. The van der Waals surface area contributed by atoms with E-state index in [2.05, 4.69) is 4.98 Å². The van der Waals surface area contributed by atoms with E-state index in [0.29, 0.717) is 6.54 Å². The van der Waals surface area contributed by atoms with Crippen LogP contribution in [0.15, 0.2) is 24.3 Å². The molecule has 0 atom stereocenters. The van der Waals surface area contributed by atoms with E-state index < -0.39 is 5.97 Å². The summed E-state index contributed by atoms with van der Waals surface area (Å²) < 4.78 is 0. The SMILES string of the molecule is CC(=O)O.NCc1cc2cc(Cl)ccc2[nH]1. The Hall–Kier alpha value is -1.52. The van der Waals surface area contributed by atoms with Gasteiger partial charge in [0.2, 0.25) is 0 Å². The summed E-state index contributed by atoms with van der Waals surface area (Å²) >= 11 is 5.83. The van der Waals surface area contributed by atoms with E-state index in [9.17, 15) is 0 Å². The third kappa shape index (κ3) is 3.56. The Labute approximate surface area is 98.0 Å². The van der Waals surface area contributed by atoms with E-state index in [1.54, 1.807) is 0 Å². The Bertz CT molecular complexity index is 490. The molecule has 0 aliphatic heterocycles. The first-order valence-electron chi connectivity index (χ1n) is 4.69. The van der Waals surface area contributed by atoms with Crippen molar-refractivity contribution in [2.45, 2.75) is 13.5 Å². The monoisotopic (exact) mass is 240 g/mol. The molecule has 1 aromatic heterocycles. The number of carboxylic acid groups (broad SMARTS) is 1. The van der Waals surface area contributed by atoms with E-state index in [4.69, 9.17) is 27.2 Å². The lowest BCUT2D eigenvalue weighted by Gasteiger charge is -1.88. The number of aromatic nitrogens is 1. The molecule has 0 spiro atoms. The fraction of sp³-hybridized carbons (Fsp3) is 0.182. The lowest BCUT2D eigenvalue weighted by molar-refractivity contribution is -0.134. The van der Waals surface area contributed by atoms with Gasteiger partial charge in [-0.25, -0.2) is 0 Å². The summed E-state index contributed by atoms with van der Waals surface area (Å²) in [6.45, 7) is 1.62. The zero-order valence-corrected chi connectivity index (χ0v) is 9.58. The van der Waals surface area contributed by atoms with Gasteiger partial charge in [0.1, 0.15) is 0 Å². The van der Waals surface area contributed by atoms with Gasteiger partial charge in [0.05, 0.1) is 0 Å². The molecular weight excluding hydrogens is 228 g/mol. The molecule has 0 bridgehead atoms. The lowest BCUT2D eigenvalue weighted by atomic mass is 10.2. The first-order valence-corrected chi connectivity index (χ1v) is 5.07. The topological polar surface area (TPSA) is 79.1 Å². The zero-order chi connectivity index (χ0) is 12.1. The normalized spacial score (nSPS) is 9.69. The van der Waals surface area contributed by atoms with E-state index >= 15 is 0 Å². The van der Waals surface area contributed by atoms with Crippen molar-refractivity contribution in [2.75, 3.05) is 0 Å². The van der Waals surface area contributed by atoms with Gasteiger partial charge < -0.3 is 15.8 Å². The minimum Gasteiger partial charge on any atom is -0.481 e. The molecule has 0 saturated heterocycles. The maximum absolute atomic E-state index is 9.00. The average molecular weight is 241 g/mol. The third-order valence-corrected chi connectivity index (χ3v) is 2.09. The van der Waals surface area contributed by atoms with Gasteiger partial charge in [-0.3, -0.25) is 4.79 Å². The number of aromatic amines is 1. The summed E-state index contributed by atoms with van der Waals surface area (Å²) in [5, 5.41) is 9.29. The second-order valence-electron chi connectivity index (χ2n) is 3.25. The standard InChI is InChI=1S/C9H9ClN2.C2H4O2/c10-7-1-2-9-6(3-7)4-8(5-11)12-9;1-2(3)4/h1-4,12H,5,11H2;1H3,(H,3,4). The van der Waals surface area contributed by atoms with Crippen molar-refractivity contribution in [1.82, 2.24) is 4.98 Å². The van der Waals surface area contributed by atoms with E-state index in [0.717, 1.165) is 28.5 Å². The molecular formula is C11H13ClN2O2. The van der Waals surface area contributed by atoms with E-state index in [-0.39, 0.29) is 0 Å². The zero-order valence-electron chi connectivity index (χ0n) is 8.83. The predicted octanol–water partition coefficient (Wildman–Crippen LogP) is 2.37. The first kappa shape index (κ1) is 12.5. The van der Waals surface area contributed by atoms with Crippen LogP contribution in [-0.4, -0.2) is 16.1 Å². The molecule has 0 saturated carbocycles. The number of H-pyrrole nitrogens is 1. The maximum atomic E-state index is 9.00. The van der Waals surface area contributed by atoms with Crippen molar-refractivity contribution < 1.29 is 9.90 Å². The fourth-order valence-electron chi connectivity index (χ4n) is 1.27. The Morgan fingerprint density at radius 2 is 2.12 bits per heavy atom. The van der Waals surface area contributed by atoms with Crippen LogP contribution in [0.4, 0.5) is 0 Å². The summed E-state index contributed by atoms with van der Waals surface area (Å²) in [7, 11) is 0. The van der Waals surface area contributed by atoms with Gasteiger partial charge in [-0.05, 0) is 24.3 Å². The summed E-state index contributed by atoms with van der Waals surface area (Å²) in [4.78, 5) is 12.2. The van der Waals surface area contributed by atoms with Crippen LogP contribution < -0.4 is 5.73 Å². The predicted molar refractivity (Wildman–Crippen MR) is 64.5 cm³/mol. The van der Waals surface area contributed by atoms with Crippen molar-refractivity contribution in [3.05, 3.63) is 35.0 Å². The van der Waals surface area contributed by atoms with Gasteiger partial charge in [0, 0.05) is 35.1 Å². The van der Waals surface area contributed by atoms with Crippen LogP contribution in [0.3, 0.4) is 0 Å². The van der Waals surface area contributed by atoms with Crippen molar-refractivity contribution in [2.24, 2.45) is 5.73 Å². The summed E-state index contributed by atoms with van der Waals surface area (Å²) in [5.41, 5.74) is 7.61. The first-order chi connectivity index (χ1) is 7.52. The lowest BCUT2D eigenvalue weighted by Crippen LogP contribution is -1.94. The van der Waals surface area contributed by atoms with Crippen LogP contribution >= 0.6 is 11.6 Å². The molecule has 0 unspecified atom stereocenters. The van der Waals surface area contributed by atoms with E-state index in [1.807, 2.05) is 24.3 Å². The Morgan fingerprint density at radius 1 is 1.50 bits per heavy atom. The van der Waals surface area contributed by atoms with Crippen LogP contribution in [0, 0.1) is 0 Å². The second kappa shape index (κ2) is 5.53. The van der Waals surface area contributed by atoms with Crippen molar-refractivity contribution in [1.29, 1.82) is 0 Å². The fourth-order valence-corrected chi connectivity index (χ4v) is 1.45. The molecule has 0 aliphatic carbocycles. The molecule has 4 nitrogen and oxygen atoms in total. The van der Waals surface area contributed by atoms with Gasteiger partial charge in [0.15, 0.2) is 0 Å². The van der Waals surface area contributed by atoms with Crippen LogP contribution in [-0.2, 0) is 11.3 Å². The Balaban J connectivity index is 0.000000280. The Kier molecular flexibility index (Phi) is 4.34. The molecule has 0 aliphatic rings. The molecule has 1 aromatic carbocycles. The molecule has 0 radical (unpaired) electrons. The van der Waals surface area contributed by atoms with Crippen LogP contribution in [0.1, 0.15) is 12.6 Å². The highest BCUT2D eigenvalue weighted by Gasteiger charge is 1.98. The second-order valence-corrected chi connectivity index (χ2v) is 3.69. The molecule has 4 N–H and O–H groups in total. The number of fused-ring (bicyclic) bond motifs is 1. The number of rotatable bonds is 1. The minimum absolute atomic E-state index is 0.534. The van der Waals surface area contributed by atoms with Crippen molar-refractivity contribution >= 4 is 28.5 Å². The summed E-state index contributed by atoms with van der Waals surface area (Å²) in [5.74, 6) is -0.833. The molecule has 2 aromatic rings. The van der Waals surface area contributed by atoms with Gasteiger partial charge in [-0.1, -0.05) is 11.6 Å².